The minimum Gasteiger partial charge on any atom is -0.411 e. The van der Waals surface area contributed by atoms with E-state index in [-0.39, 0.29) is 18.1 Å². The van der Waals surface area contributed by atoms with Crippen LogP contribution in [-0.2, 0) is 19.3 Å². The number of para-hydroxylation sites is 1. The van der Waals surface area contributed by atoms with Crippen molar-refractivity contribution in [2.45, 2.75) is 44.9 Å². The molecule has 0 atom stereocenters. The van der Waals surface area contributed by atoms with Gasteiger partial charge in [0, 0.05) is 29.0 Å². The Kier molecular flexibility index (Phi) is 7.57. The first-order chi connectivity index (χ1) is 14.3. The van der Waals surface area contributed by atoms with E-state index in [0.717, 1.165) is 56.1 Å². The number of hydrogen-bond acceptors (Lipinski definition) is 5. The van der Waals surface area contributed by atoms with E-state index < -0.39 is 5.82 Å². The molecule has 1 aliphatic carbocycles. The van der Waals surface area contributed by atoms with E-state index in [4.69, 9.17) is 10.2 Å². The van der Waals surface area contributed by atoms with Gasteiger partial charge in [0.25, 0.3) is 0 Å². The van der Waals surface area contributed by atoms with Gasteiger partial charge in [0.2, 0.25) is 0 Å². The number of nitrogens with one attached hydrogen (secondary N) is 1. The Bertz CT molecular complexity index is 1040. The molecule has 0 fully saturated rings. The van der Waals surface area contributed by atoms with Gasteiger partial charge in [0.15, 0.2) is 5.82 Å². The molecular weight excluding hydrogens is 403 g/mol. The molecule has 0 saturated heterocycles. The average molecular weight is 429 g/mol. The Balaban J connectivity index is 0.00000256. The van der Waals surface area contributed by atoms with E-state index >= 15 is 0 Å². The summed E-state index contributed by atoms with van der Waals surface area (Å²) in [6, 6.07) is 11.4. The van der Waals surface area contributed by atoms with Crippen LogP contribution in [-0.4, -0.2) is 27.9 Å². The van der Waals surface area contributed by atoms with Crippen molar-refractivity contribution >= 4 is 35.2 Å². The van der Waals surface area contributed by atoms with Gasteiger partial charge in [-0.1, -0.05) is 23.4 Å². The third-order valence-corrected chi connectivity index (χ3v) is 5.44. The maximum absolute atomic E-state index is 13.6. The highest BCUT2D eigenvalue weighted by Crippen LogP contribution is 2.33. The Morgan fingerprint density at radius 1 is 1.07 bits per heavy atom. The lowest BCUT2D eigenvalue weighted by Crippen LogP contribution is -2.12. The number of nitrogens with zero attached hydrogens (tertiary/aromatic N) is 3. The lowest BCUT2D eigenvalue weighted by Gasteiger charge is -2.21. The van der Waals surface area contributed by atoms with Crippen molar-refractivity contribution in [3.05, 3.63) is 64.9 Å². The van der Waals surface area contributed by atoms with E-state index in [0.29, 0.717) is 0 Å². The summed E-state index contributed by atoms with van der Waals surface area (Å²) in [4.78, 5) is 9.09. The number of rotatable bonds is 7. The van der Waals surface area contributed by atoms with E-state index in [1.54, 1.807) is 6.07 Å². The van der Waals surface area contributed by atoms with E-state index in [1.807, 2.05) is 6.07 Å². The van der Waals surface area contributed by atoms with Crippen LogP contribution in [0.3, 0.4) is 0 Å². The predicted octanol–water partition coefficient (Wildman–Crippen LogP) is 5.31. The number of halogens is 2. The fraction of sp³-hybridized carbons (Fsp3) is 0.348. The van der Waals surface area contributed by atoms with Crippen molar-refractivity contribution in [1.29, 1.82) is 0 Å². The SMILES string of the molecule is Cl.O/N=C\c1nc(CCCCNc2c3c(nc4ccccc24)CCCC3)ccc1F. The smallest absolute Gasteiger partial charge is 0.150 e. The second-order valence-electron chi connectivity index (χ2n) is 7.43. The number of fused-ring (bicyclic) bond motifs is 2. The first-order valence-corrected chi connectivity index (χ1v) is 10.2. The first kappa shape index (κ1) is 22.0. The Morgan fingerprint density at radius 3 is 2.77 bits per heavy atom. The van der Waals surface area contributed by atoms with Crippen LogP contribution in [0.4, 0.5) is 10.1 Å². The van der Waals surface area contributed by atoms with E-state index in [1.165, 1.54) is 41.2 Å². The second kappa shape index (κ2) is 10.3. The summed E-state index contributed by atoms with van der Waals surface area (Å²) in [5, 5.41) is 16.3. The maximum atomic E-state index is 13.6. The zero-order chi connectivity index (χ0) is 20.1. The van der Waals surface area contributed by atoms with Gasteiger partial charge in [-0.15, -0.1) is 12.4 Å². The van der Waals surface area contributed by atoms with Gasteiger partial charge >= 0.3 is 0 Å². The summed E-state index contributed by atoms with van der Waals surface area (Å²) < 4.78 is 13.6. The number of pyridine rings is 2. The molecule has 4 rings (SSSR count). The van der Waals surface area contributed by atoms with Gasteiger partial charge in [-0.3, -0.25) is 4.98 Å². The van der Waals surface area contributed by atoms with Gasteiger partial charge in [0.05, 0.1) is 11.7 Å². The zero-order valence-corrected chi connectivity index (χ0v) is 17.6. The summed E-state index contributed by atoms with van der Waals surface area (Å²) in [7, 11) is 0. The molecule has 1 aliphatic rings. The first-order valence-electron chi connectivity index (χ1n) is 10.2. The lowest BCUT2D eigenvalue weighted by molar-refractivity contribution is 0.321. The molecule has 3 aromatic rings. The van der Waals surface area contributed by atoms with E-state index in [9.17, 15) is 4.39 Å². The molecule has 7 heteroatoms. The van der Waals surface area contributed by atoms with Gasteiger partial charge in [-0.05, 0) is 68.7 Å². The summed E-state index contributed by atoms with van der Waals surface area (Å²) >= 11 is 0. The summed E-state index contributed by atoms with van der Waals surface area (Å²) in [5.74, 6) is -0.484. The molecular formula is C23H26ClFN4O. The number of benzene rings is 1. The van der Waals surface area contributed by atoms with Crippen LogP contribution >= 0.6 is 12.4 Å². The lowest BCUT2D eigenvalue weighted by atomic mass is 9.92. The minimum absolute atomic E-state index is 0. The Morgan fingerprint density at radius 2 is 1.90 bits per heavy atom. The molecule has 30 heavy (non-hydrogen) atoms. The molecule has 1 aromatic carbocycles. The highest BCUT2D eigenvalue weighted by molar-refractivity contribution is 5.93. The Hall–Kier alpha value is -2.73. The summed E-state index contributed by atoms with van der Waals surface area (Å²) in [5.41, 5.74) is 5.79. The third kappa shape index (κ3) is 4.87. The molecule has 0 amide bonds. The fourth-order valence-corrected chi connectivity index (χ4v) is 4.00. The molecule has 0 radical (unpaired) electrons. The van der Waals surface area contributed by atoms with Crippen molar-refractivity contribution in [1.82, 2.24) is 9.97 Å². The van der Waals surface area contributed by atoms with Gasteiger partial charge in [-0.25, -0.2) is 9.37 Å². The highest BCUT2D eigenvalue weighted by atomic mass is 35.5. The second-order valence-corrected chi connectivity index (χ2v) is 7.43. The molecule has 0 spiro atoms. The fourth-order valence-electron chi connectivity index (χ4n) is 4.00. The van der Waals surface area contributed by atoms with Crippen LogP contribution in [0, 0.1) is 5.82 Å². The molecule has 0 unspecified atom stereocenters. The third-order valence-electron chi connectivity index (χ3n) is 5.44. The maximum Gasteiger partial charge on any atom is 0.150 e. The van der Waals surface area contributed by atoms with Crippen molar-refractivity contribution in [2.75, 3.05) is 11.9 Å². The van der Waals surface area contributed by atoms with Crippen LogP contribution in [0.5, 0.6) is 0 Å². The monoisotopic (exact) mass is 428 g/mol. The number of unbranched alkanes of at least 4 members (excludes halogenated alkanes) is 1. The molecule has 5 nitrogen and oxygen atoms in total. The highest BCUT2D eigenvalue weighted by Gasteiger charge is 2.17. The number of aromatic nitrogens is 2. The van der Waals surface area contributed by atoms with Gasteiger partial charge in [0.1, 0.15) is 5.69 Å². The van der Waals surface area contributed by atoms with Crippen LogP contribution in [0.2, 0.25) is 0 Å². The largest absolute Gasteiger partial charge is 0.411 e. The molecule has 0 saturated carbocycles. The zero-order valence-electron chi connectivity index (χ0n) is 16.8. The predicted molar refractivity (Wildman–Crippen MR) is 121 cm³/mol. The van der Waals surface area contributed by atoms with Crippen molar-refractivity contribution in [2.24, 2.45) is 5.16 Å². The topological polar surface area (TPSA) is 70.4 Å². The summed E-state index contributed by atoms with van der Waals surface area (Å²) in [6.07, 6.45) is 8.28. The van der Waals surface area contributed by atoms with Crippen molar-refractivity contribution < 1.29 is 9.60 Å². The van der Waals surface area contributed by atoms with Crippen LogP contribution < -0.4 is 5.32 Å². The molecule has 158 valence electrons. The Labute approximate surface area is 181 Å². The molecule has 2 heterocycles. The van der Waals surface area contributed by atoms with Crippen LogP contribution in [0.25, 0.3) is 10.9 Å². The molecule has 2 aromatic heterocycles. The van der Waals surface area contributed by atoms with Gasteiger partial charge < -0.3 is 10.5 Å². The van der Waals surface area contributed by atoms with Crippen molar-refractivity contribution in [3.63, 3.8) is 0 Å². The summed E-state index contributed by atoms with van der Waals surface area (Å²) in [6.45, 7) is 0.868. The number of oxime groups is 1. The number of anilines is 1. The van der Waals surface area contributed by atoms with Crippen LogP contribution in [0.1, 0.15) is 48.3 Å². The number of aryl methyl sites for hydroxylation is 2. The molecule has 2 N–H and O–H groups in total. The average Bonchev–Trinajstić information content (AvgIpc) is 2.75. The van der Waals surface area contributed by atoms with E-state index in [2.05, 4.69) is 33.7 Å². The standard InChI is InChI=1S/C23H25FN4O.ClH/c24-19-13-12-16(27-22(19)15-26-29)7-5-6-14-25-23-17-8-1-3-10-20(17)28-21-11-4-2-9-18(21)23;/h1,3,8,10,12-13,15,29H,2,4-7,9,11,14H2,(H,25,28);1H/b26-15-;. The quantitative estimate of drug-likeness (QED) is 0.231. The van der Waals surface area contributed by atoms with Crippen LogP contribution in [0.15, 0.2) is 41.6 Å². The van der Waals surface area contributed by atoms with Gasteiger partial charge in [-0.2, -0.15) is 0 Å². The normalized spacial score (nSPS) is 13.2. The molecule has 0 aliphatic heterocycles. The minimum atomic E-state index is -0.484. The molecule has 0 bridgehead atoms. The van der Waals surface area contributed by atoms with Crippen molar-refractivity contribution in [3.8, 4) is 0 Å². The number of hydrogen-bond donors (Lipinski definition) is 2.